The summed E-state index contributed by atoms with van der Waals surface area (Å²) in [5.74, 6) is 5.10. The van der Waals surface area contributed by atoms with Crippen molar-refractivity contribution in [3.05, 3.63) is 12.7 Å². The number of aromatic nitrogens is 4. The fourth-order valence-corrected chi connectivity index (χ4v) is 2.59. The largest absolute Gasteiger partial charge is 0.341 e. The van der Waals surface area contributed by atoms with Gasteiger partial charge in [-0.05, 0) is 5.92 Å². The average molecular weight is 266 g/mol. The van der Waals surface area contributed by atoms with Crippen molar-refractivity contribution in [1.82, 2.24) is 25.4 Å². The van der Waals surface area contributed by atoms with Gasteiger partial charge in [0.25, 0.3) is 0 Å². The van der Waals surface area contributed by atoms with Crippen LogP contribution in [-0.2, 0) is 4.79 Å². The molecular formula is C10H14N6OS. The molecule has 2 aromatic rings. The van der Waals surface area contributed by atoms with Crippen molar-refractivity contribution in [3.63, 3.8) is 0 Å². The first-order valence-electron chi connectivity index (χ1n) is 5.44. The summed E-state index contributed by atoms with van der Waals surface area (Å²) in [6.07, 6.45) is 2.99. The second-order valence-electron chi connectivity index (χ2n) is 4.07. The fraction of sp³-hybridized carbons (Fsp3) is 0.400. The van der Waals surface area contributed by atoms with Crippen LogP contribution >= 0.6 is 11.8 Å². The second-order valence-corrected chi connectivity index (χ2v) is 5.20. The molecule has 0 spiro atoms. The van der Waals surface area contributed by atoms with Gasteiger partial charge in [-0.1, -0.05) is 25.6 Å². The molecule has 2 rings (SSSR count). The molecule has 2 heterocycles. The Morgan fingerprint density at radius 1 is 1.44 bits per heavy atom. The Kier molecular flexibility index (Phi) is 3.78. The maximum atomic E-state index is 11.7. The maximum absolute atomic E-state index is 11.7. The number of aromatic amines is 1. The van der Waals surface area contributed by atoms with E-state index in [4.69, 9.17) is 5.84 Å². The highest BCUT2D eigenvalue weighted by Crippen LogP contribution is 2.29. The number of nitrogens with two attached hydrogens (primary N) is 1. The van der Waals surface area contributed by atoms with Crippen molar-refractivity contribution >= 4 is 28.8 Å². The van der Waals surface area contributed by atoms with E-state index in [-0.39, 0.29) is 17.1 Å². The molecular weight excluding hydrogens is 252 g/mol. The molecule has 0 aliphatic rings. The number of amides is 1. The normalized spacial score (nSPS) is 12.9. The van der Waals surface area contributed by atoms with Crippen LogP contribution < -0.4 is 11.3 Å². The molecule has 96 valence electrons. The van der Waals surface area contributed by atoms with Crippen molar-refractivity contribution in [3.8, 4) is 0 Å². The Morgan fingerprint density at radius 2 is 2.22 bits per heavy atom. The smallest absolute Gasteiger partial charge is 0.247 e. The summed E-state index contributed by atoms with van der Waals surface area (Å²) in [6, 6.07) is 0. The first kappa shape index (κ1) is 12.8. The summed E-state index contributed by atoms with van der Waals surface area (Å²) in [4.78, 5) is 26.9. The Morgan fingerprint density at radius 3 is 2.89 bits per heavy atom. The number of H-pyrrole nitrogens is 1. The van der Waals surface area contributed by atoms with Crippen LogP contribution in [0.25, 0.3) is 11.2 Å². The number of fused-ring (bicyclic) bond motifs is 1. The van der Waals surface area contributed by atoms with Crippen LogP contribution in [0.3, 0.4) is 0 Å². The molecule has 0 radical (unpaired) electrons. The molecule has 0 saturated heterocycles. The summed E-state index contributed by atoms with van der Waals surface area (Å²) in [7, 11) is 0. The van der Waals surface area contributed by atoms with E-state index < -0.39 is 0 Å². The molecule has 0 aromatic carbocycles. The Balaban J connectivity index is 2.31. The predicted octanol–water partition coefficient (Wildman–Crippen LogP) is 0.459. The van der Waals surface area contributed by atoms with Gasteiger partial charge in [0.15, 0.2) is 5.65 Å². The van der Waals surface area contributed by atoms with Crippen LogP contribution in [0.2, 0.25) is 0 Å². The van der Waals surface area contributed by atoms with E-state index in [1.54, 1.807) is 6.33 Å². The highest BCUT2D eigenvalue weighted by molar-refractivity contribution is 8.00. The monoisotopic (exact) mass is 266 g/mol. The standard InChI is InChI=1S/C10H14N6OS/c1-5(2)7(9(17)16-11)18-10-6-8(13-3-12-6)14-4-15-10/h3-5,7H,11H2,1-2H3,(H,16,17)(H,12,13,14,15). The molecule has 7 nitrogen and oxygen atoms in total. The van der Waals surface area contributed by atoms with Gasteiger partial charge in [-0.3, -0.25) is 10.2 Å². The fourth-order valence-electron chi connectivity index (χ4n) is 1.53. The number of imidazole rings is 1. The van der Waals surface area contributed by atoms with Crippen molar-refractivity contribution < 1.29 is 4.79 Å². The lowest BCUT2D eigenvalue weighted by Gasteiger charge is -2.17. The molecule has 18 heavy (non-hydrogen) atoms. The van der Waals surface area contributed by atoms with E-state index >= 15 is 0 Å². The SMILES string of the molecule is CC(C)C(Sc1ncnc2nc[nH]c12)C(=O)NN. The molecule has 0 aliphatic carbocycles. The van der Waals surface area contributed by atoms with Gasteiger partial charge in [0.2, 0.25) is 5.91 Å². The average Bonchev–Trinajstić information content (AvgIpc) is 2.83. The Hall–Kier alpha value is -1.67. The first-order valence-corrected chi connectivity index (χ1v) is 6.32. The van der Waals surface area contributed by atoms with E-state index in [0.717, 1.165) is 5.52 Å². The molecule has 1 unspecified atom stereocenters. The van der Waals surface area contributed by atoms with Crippen molar-refractivity contribution in [1.29, 1.82) is 0 Å². The second kappa shape index (κ2) is 5.32. The van der Waals surface area contributed by atoms with Crippen LogP contribution in [0.5, 0.6) is 0 Å². The highest BCUT2D eigenvalue weighted by atomic mass is 32.2. The molecule has 8 heteroatoms. The molecule has 0 saturated carbocycles. The maximum Gasteiger partial charge on any atom is 0.247 e. The van der Waals surface area contributed by atoms with Crippen LogP contribution in [-0.4, -0.2) is 31.1 Å². The van der Waals surface area contributed by atoms with Crippen LogP contribution in [0, 0.1) is 5.92 Å². The molecule has 0 aliphatic heterocycles. The zero-order chi connectivity index (χ0) is 13.1. The number of nitrogens with zero attached hydrogens (tertiary/aromatic N) is 3. The minimum atomic E-state index is -0.309. The van der Waals surface area contributed by atoms with E-state index in [9.17, 15) is 4.79 Å². The minimum absolute atomic E-state index is 0.131. The third kappa shape index (κ3) is 2.44. The third-order valence-corrected chi connectivity index (χ3v) is 3.98. The number of nitrogens with one attached hydrogen (secondary N) is 2. The Bertz CT molecular complexity index is 554. The van der Waals surface area contributed by atoms with Crippen molar-refractivity contribution in [2.45, 2.75) is 24.1 Å². The van der Waals surface area contributed by atoms with Gasteiger partial charge in [0.1, 0.15) is 16.9 Å². The number of hydrogen-bond donors (Lipinski definition) is 3. The van der Waals surface area contributed by atoms with Crippen molar-refractivity contribution in [2.75, 3.05) is 0 Å². The van der Waals surface area contributed by atoms with Crippen molar-refractivity contribution in [2.24, 2.45) is 11.8 Å². The lowest BCUT2D eigenvalue weighted by Crippen LogP contribution is -2.40. The number of rotatable bonds is 4. The Labute approximate surface area is 108 Å². The van der Waals surface area contributed by atoms with Gasteiger partial charge >= 0.3 is 0 Å². The molecule has 1 amide bonds. The van der Waals surface area contributed by atoms with Gasteiger partial charge in [0, 0.05) is 0 Å². The quantitative estimate of drug-likeness (QED) is 0.244. The molecule has 0 fully saturated rings. The topological polar surface area (TPSA) is 110 Å². The lowest BCUT2D eigenvalue weighted by molar-refractivity contribution is -0.121. The third-order valence-electron chi connectivity index (χ3n) is 2.43. The lowest BCUT2D eigenvalue weighted by atomic mass is 10.1. The van der Waals surface area contributed by atoms with Gasteiger partial charge in [-0.25, -0.2) is 20.8 Å². The van der Waals surface area contributed by atoms with Gasteiger partial charge in [0.05, 0.1) is 11.6 Å². The minimum Gasteiger partial charge on any atom is -0.341 e. The molecule has 1 atom stereocenters. The summed E-state index contributed by atoms with van der Waals surface area (Å²) in [5, 5.41) is 0.385. The van der Waals surface area contributed by atoms with Gasteiger partial charge < -0.3 is 4.98 Å². The predicted molar refractivity (Wildman–Crippen MR) is 68.5 cm³/mol. The number of hydrogen-bond acceptors (Lipinski definition) is 6. The number of hydrazine groups is 1. The first-order chi connectivity index (χ1) is 8.63. The van der Waals surface area contributed by atoms with E-state index in [2.05, 4.69) is 25.4 Å². The highest BCUT2D eigenvalue weighted by Gasteiger charge is 2.24. The zero-order valence-corrected chi connectivity index (χ0v) is 10.9. The van der Waals surface area contributed by atoms with Crippen LogP contribution in [0.1, 0.15) is 13.8 Å². The van der Waals surface area contributed by atoms with Crippen LogP contribution in [0.15, 0.2) is 17.7 Å². The number of carbonyl (C=O) groups excluding carboxylic acids is 1. The summed E-state index contributed by atoms with van der Waals surface area (Å²) < 4.78 is 0. The summed E-state index contributed by atoms with van der Waals surface area (Å²) in [6.45, 7) is 3.91. The summed E-state index contributed by atoms with van der Waals surface area (Å²) >= 11 is 1.35. The zero-order valence-electron chi connectivity index (χ0n) is 10.0. The molecule has 4 N–H and O–H groups in total. The van der Waals surface area contributed by atoms with Gasteiger partial charge in [-0.15, -0.1) is 0 Å². The molecule has 0 bridgehead atoms. The number of thioether (sulfide) groups is 1. The van der Waals surface area contributed by atoms with Gasteiger partial charge in [-0.2, -0.15) is 0 Å². The molecule has 2 aromatic heterocycles. The van der Waals surface area contributed by atoms with E-state index in [1.165, 1.54) is 18.1 Å². The summed E-state index contributed by atoms with van der Waals surface area (Å²) in [5.41, 5.74) is 3.50. The number of carbonyl (C=O) groups is 1. The van der Waals surface area contributed by atoms with E-state index in [0.29, 0.717) is 10.7 Å². The van der Waals surface area contributed by atoms with E-state index in [1.807, 2.05) is 13.8 Å². The van der Waals surface area contributed by atoms with Crippen LogP contribution in [0.4, 0.5) is 0 Å².